The predicted octanol–water partition coefficient (Wildman–Crippen LogP) is 3.43. The lowest BCUT2D eigenvalue weighted by molar-refractivity contribution is -0.109. The van der Waals surface area contributed by atoms with E-state index in [4.69, 9.17) is 9.47 Å². The number of rotatable bonds is 6. The van der Waals surface area contributed by atoms with Crippen LogP contribution < -0.4 is 10.6 Å². The summed E-state index contributed by atoms with van der Waals surface area (Å²) in [6.07, 6.45) is -1.41. The van der Waals surface area contributed by atoms with Gasteiger partial charge in [0.25, 0.3) is 0 Å². The fourth-order valence-corrected chi connectivity index (χ4v) is 2.50. The Labute approximate surface area is 158 Å². The SMILES string of the molecule is CC(=O)SC[C@@](C)(NC(=O)OCc1ccccc1)NC(=O)OC(C)(C)C. The molecule has 0 aliphatic rings. The quantitative estimate of drug-likeness (QED) is 0.732. The molecule has 0 spiro atoms. The molecule has 0 bridgehead atoms. The highest BCUT2D eigenvalue weighted by Crippen LogP contribution is 2.14. The molecule has 0 aliphatic heterocycles. The Hall–Kier alpha value is -2.22. The molecular weight excluding hydrogens is 356 g/mol. The highest BCUT2D eigenvalue weighted by Gasteiger charge is 2.32. The molecule has 1 aromatic rings. The van der Waals surface area contributed by atoms with Crippen molar-refractivity contribution in [2.45, 2.75) is 52.5 Å². The van der Waals surface area contributed by atoms with Gasteiger partial charge in [-0.05, 0) is 33.3 Å². The van der Waals surface area contributed by atoms with Crippen molar-refractivity contribution in [3.8, 4) is 0 Å². The van der Waals surface area contributed by atoms with E-state index in [1.165, 1.54) is 6.92 Å². The Bertz CT molecular complexity index is 630. The number of nitrogens with one attached hydrogen (secondary N) is 2. The Kier molecular flexibility index (Phi) is 7.95. The summed E-state index contributed by atoms with van der Waals surface area (Å²) in [6, 6.07) is 9.21. The van der Waals surface area contributed by atoms with E-state index in [0.29, 0.717) is 0 Å². The number of hydrogen-bond donors (Lipinski definition) is 2. The average Bonchev–Trinajstić information content (AvgIpc) is 2.50. The van der Waals surface area contributed by atoms with E-state index in [9.17, 15) is 14.4 Å². The summed E-state index contributed by atoms with van der Waals surface area (Å²) in [4.78, 5) is 35.5. The second-order valence-electron chi connectivity index (χ2n) is 6.93. The van der Waals surface area contributed by atoms with E-state index >= 15 is 0 Å². The van der Waals surface area contributed by atoms with Gasteiger partial charge in [0.05, 0.1) is 0 Å². The van der Waals surface area contributed by atoms with Crippen LogP contribution in [0.25, 0.3) is 0 Å². The number of carbonyl (C=O) groups excluding carboxylic acids is 3. The fourth-order valence-electron chi connectivity index (χ4n) is 1.86. The molecular formula is C18H26N2O5S. The zero-order valence-corrected chi connectivity index (χ0v) is 16.6. The number of alkyl carbamates (subject to hydrolysis) is 2. The lowest BCUT2D eigenvalue weighted by Crippen LogP contribution is -2.61. The van der Waals surface area contributed by atoms with Gasteiger partial charge in [-0.2, -0.15) is 0 Å². The third-order valence-corrected chi connectivity index (χ3v) is 4.06. The molecule has 0 heterocycles. The number of thioether (sulfide) groups is 1. The fraction of sp³-hybridized carbons (Fsp3) is 0.500. The summed E-state index contributed by atoms with van der Waals surface area (Å²) in [7, 11) is 0. The minimum atomic E-state index is -1.22. The van der Waals surface area contributed by atoms with Crippen molar-refractivity contribution >= 4 is 29.1 Å². The van der Waals surface area contributed by atoms with E-state index in [2.05, 4.69) is 10.6 Å². The third-order valence-electron chi connectivity index (χ3n) is 2.93. The van der Waals surface area contributed by atoms with E-state index < -0.39 is 23.5 Å². The third kappa shape index (κ3) is 9.31. The van der Waals surface area contributed by atoms with Crippen LogP contribution in [0.3, 0.4) is 0 Å². The van der Waals surface area contributed by atoms with Crippen molar-refractivity contribution in [1.29, 1.82) is 0 Å². The highest BCUT2D eigenvalue weighted by molar-refractivity contribution is 8.13. The number of ether oxygens (including phenoxy) is 2. The monoisotopic (exact) mass is 382 g/mol. The Morgan fingerprint density at radius 2 is 1.58 bits per heavy atom. The van der Waals surface area contributed by atoms with E-state index in [-0.39, 0.29) is 17.5 Å². The molecule has 144 valence electrons. The molecule has 2 amide bonds. The summed E-state index contributed by atoms with van der Waals surface area (Å²) >= 11 is 0.975. The Morgan fingerprint density at radius 3 is 2.12 bits per heavy atom. The van der Waals surface area contributed by atoms with Gasteiger partial charge < -0.3 is 9.47 Å². The maximum Gasteiger partial charge on any atom is 0.409 e. The molecule has 7 nitrogen and oxygen atoms in total. The first-order valence-corrected chi connectivity index (χ1v) is 9.11. The van der Waals surface area contributed by atoms with Gasteiger partial charge in [0, 0.05) is 12.7 Å². The van der Waals surface area contributed by atoms with Gasteiger partial charge in [0.2, 0.25) is 0 Å². The zero-order chi connectivity index (χ0) is 19.8. The second-order valence-corrected chi connectivity index (χ2v) is 8.08. The van der Waals surface area contributed by atoms with Gasteiger partial charge in [-0.3, -0.25) is 15.4 Å². The first kappa shape index (κ1) is 21.8. The van der Waals surface area contributed by atoms with Crippen molar-refractivity contribution in [2.75, 3.05) is 5.75 Å². The van der Waals surface area contributed by atoms with Crippen molar-refractivity contribution in [2.24, 2.45) is 0 Å². The van der Waals surface area contributed by atoms with E-state index in [1.54, 1.807) is 27.7 Å². The topological polar surface area (TPSA) is 93.7 Å². The standard InChI is InChI=1S/C18H26N2O5S/c1-13(21)26-12-18(5,20-16(23)25-17(2,3)4)19-15(22)24-11-14-9-7-6-8-10-14/h6-10H,11-12H2,1-5H3,(H,19,22)(H,20,23)/t18-/m0/s1. The van der Waals surface area contributed by atoms with Crippen LogP contribution in [0, 0.1) is 0 Å². The molecule has 26 heavy (non-hydrogen) atoms. The van der Waals surface area contributed by atoms with Crippen molar-refractivity contribution < 1.29 is 23.9 Å². The molecule has 1 rings (SSSR count). The lowest BCUT2D eigenvalue weighted by atomic mass is 10.2. The molecule has 0 aromatic heterocycles. The Morgan fingerprint density at radius 1 is 1.00 bits per heavy atom. The second kappa shape index (κ2) is 9.47. The van der Waals surface area contributed by atoms with Gasteiger partial charge in [0.15, 0.2) is 5.12 Å². The van der Waals surface area contributed by atoms with Crippen LogP contribution in [0.1, 0.15) is 40.2 Å². The molecule has 1 atom stereocenters. The highest BCUT2D eigenvalue weighted by atomic mass is 32.2. The largest absolute Gasteiger partial charge is 0.445 e. The predicted molar refractivity (Wildman–Crippen MR) is 101 cm³/mol. The molecule has 0 fully saturated rings. The minimum Gasteiger partial charge on any atom is -0.445 e. The summed E-state index contributed by atoms with van der Waals surface area (Å²) in [5.41, 5.74) is -1.07. The van der Waals surface area contributed by atoms with E-state index in [1.807, 2.05) is 30.3 Å². The minimum absolute atomic E-state index is 0.0923. The van der Waals surface area contributed by atoms with Crippen molar-refractivity contribution in [1.82, 2.24) is 10.6 Å². The van der Waals surface area contributed by atoms with Crippen LogP contribution in [0.4, 0.5) is 9.59 Å². The summed E-state index contributed by atoms with van der Waals surface area (Å²) in [5.74, 6) is 0.127. The van der Waals surface area contributed by atoms with Crippen molar-refractivity contribution in [3.05, 3.63) is 35.9 Å². The number of hydrogen-bond acceptors (Lipinski definition) is 6. The smallest absolute Gasteiger partial charge is 0.409 e. The van der Waals surface area contributed by atoms with Gasteiger partial charge in [-0.15, -0.1) is 0 Å². The van der Waals surface area contributed by atoms with Crippen LogP contribution >= 0.6 is 11.8 Å². The first-order chi connectivity index (χ1) is 12.0. The van der Waals surface area contributed by atoms with Crippen LogP contribution in [0.5, 0.6) is 0 Å². The van der Waals surface area contributed by atoms with Crippen LogP contribution in [-0.4, -0.2) is 34.3 Å². The van der Waals surface area contributed by atoms with E-state index in [0.717, 1.165) is 17.3 Å². The van der Waals surface area contributed by atoms with Gasteiger partial charge in [0.1, 0.15) is 17.9 Å². The van der Waals surface area contributed by atoms with Gasteiger partial charge in [-0.25, -0.2) is 9.59 Å². The molecule has 0 unspecified atom stereocenters. The van der Waals surface area contributed by atoms with Crippen molar-refractivity contribution in [3.63, 3.8) is 0 Å². The van der Waals surface area contributed by atoms with Crippen LogP contribution in [-0.2, 0) is 20.9 Å². The lowest BCUT2D eigenvalue weighted by Gasteiger charge is -2.32. The number of carbonyl (C=O) groups is 3. The molecule has 0 radical (unpaired) electrons. The average molecular weight is 382 g/mol. The van der Waals surface area contributed by atoms with Gasteiger partial charge >= 0.3 is 12.2 Å². The molecule has 1 aromatic carbocycles. The van der Waals surface area contributed by atoms with Gasteiger partial charge in [-0.1, -0.05) is 42.1 Å². The maximum absolute atomic E-state index is 12.1. The van der Waals surface area contributed by atoms with Crippen LogP contribution in [0.2, 0.25) is 0 Å². The maximum atomic E-state index is 12.1. The molecule has 0 saturated heterocycles. The van der Waals surface area contributed by atoms with Crippen LogP contribution in [0.15, 0.2) is 30.3 Å². The summed E-state index contributed by atoms with van der Waals surface area (Å²) < 4.78 is 10.4. The Balaban J connectivity index is 2.69. The molecule has 8 heteroatoms. The number of benzene rings is 1. The zero-order valence-electron chi connectivity index (χ0n) is 15.8. The molecule has 0 saturated carbocycles. The molecule has 2 N–H and O–H groups in total. The summed E-state index contributed by atoms with van der Waals surface area (Å²) in [6.45, 7) is 8.28. The summed E-state index contributed by atoms with van der Waals surface area (Å²) in [5, 5.41) is 5.04. The first-order valence-electron chi connectivity index (χ1n) is 8.12. The normalized spacial score (nSPS) is 13.3. The molecule has 0 aliphatic carbocycles. The number of amides is 2.